The molecule has 0 saturated carbocycles. The van der Waals surface area contributed by atoms with Gasteiger partial charge < -0.3 is 10.6 Å². The fourth-order valence-electron chi connectivity index (χ4n) is 1.84. The van der Waals surface area contributed by atoms with E-state index in [2.05, 4.69) is 15.6 Å². The molecule has 0 fully saturated rings. The van der Waals surface area contributed by atoms with Gasteiger partial charge in [-0.15, -0.1) is 0 Å². The number of hydrogen-bond donors (Lipinski definition) is 2. The highest BCUT2D eigenvalue weighted by atomic mass is 15.0. The molecule has 1 aromatic heterocycles. The van der Waals surface area contributed by atoms with E-state index in [1.54, 1.807) is 6.20 Å². The van der Waals surface area contributed by atoms with Crippen molar-refractivity contribution in [2.75, 3.05) is 0 Å². The maximum atomic E-state index is 9.23. The van der Waals surface area contributed by atoms with Crippen LogP contribution < -0.4 is 10.6 Å². The lowest BCUT2D eigenvalue weighted by molar-refractivity contribution is 0.762. The topological polar surface area (TPSA) is 84.5 Å². The molecule has 0 bridgehead atoms. The summed E-state index contributed by atoms with van der Waals surface area (Å²) in [7, 11) is 0. The third-order valence-electron chi connectivity index (χ3n) is 2.96. The number of nitrogens with zero attached hydrogens (tertiary/aromatic N) is 3. The van der Waals surface area contributed by atoms with E-state index in [0.717, 1.165) is 11.3 Å². The summed E-state index contributed by atoms with van der Waals surface area (Å²) in [6.45, 7) is 0.877. The highest BCUT2D eigenvalue weighted by Crippen LogP contribution is 2.03. The molecule has 0 amide bonds. The molecule has 5 nitrogen and oxygen atoms in total. The van der Waals surface area contributed by atoms with Crippen LogP contribution in [0.1, 0.15) is 11.3 Å². The minimum absolute atomic E-state index is 0.212. The maximum absolute atomic E-state index is 9.23. The molecule has 0 unspecified atom stereocenters. The van der Waals surface area contributed by atoms with Gasteiger partial charge in [0.05, 0.1) is 12.2 Å². The Hall–Kier alpha value is -3.31. The van der Waals surface area contributed by atoms with Crippen molar-refractivity contribution in [3.63, 3.8) is 0 Å². The first-order valence-electron chi connectivity index (χ1n) is 6.79. The van der Waals surface area contributed by atoms with Crippen LogP contribution in [-0.4, -0.2) is 4.98 Å². The highest BCUT2D eigenvalue weighted by Gasteiger charge is 2.06. The minimum Gasteiger partial charge on any atom is -0.370 e. The van der Waals surface area contributed by atoms with Crippen LogP contribution in [0.5, 0.6) is 0 Å². The van der Waals surface area contributed by atoms with Crippen molar-refractivity contribution in [3.05, 3.63) is 77.4 Å². The first-order valence-corrected chi connectivity index (χ1v) is 6.79. The Kier molecular flexibility index (Phi) is 5.54. The van der Waals surface area contributed by atoms with Crippen LogP contribution in [0.15, 0.2) is 66.1 Å². The third kappa shape index (κ3) is 4.36. The molecule has 1 aromatic carbocycles. The molecular formula is C17H15N5. The van der Waals surface area contributed by atoms with Gasteiger partial charge >= 0.3 is 0 Å². The Balaban J connectivity index is 2.02. The van der Waals surface area contributed by atoms with Gasteiger partial charge in [-0.2, -0.15) is 10.5 Å². The van der Waals surface area contributed by atoms with Crippen molar-refractivity contribution in [2.45, 2.75) is 13.1 Å². The van der Waals surface area contributed by atoms with E-state index in [1.165, 1.54) is 0 Å². The van der Waals surface area contributed by atoms with Gasteiger partial charge in [0, 0.05) is 12.7 Å². The number of allylic oxidation sites excluding steroid dienone is 2. The lowest BCUT2D eigenvalue weighted by Gasteiger charge is -2.09. The number of aromatic nitrogens is 1. The Morgan fingerprint density at radius 2 is 1.50 bits per heavy atom. The summed E-state index contributed by atoms with van der Waals surface area (Å²) in [6.07, 6.45) is 1.69. The zero-order valence-corrected chi connectivity index (χ0v) is 12.0. The van der Waals surface area contributed by atoms with E-state index in [0.29, 0.717) is 13.1 Å². The van der Waals surface area contributed by atoms with Crippen LogP contribution in [0.2, 0.25) is 0 Å². The van der Waals surface area contributed by atoms with E-state index in [-0.39, 0.29) is 11.4 Å². The van der Waals surface area contributed by atoms with Crippen LogP contribution in [0, 0.1) is 22.7 Å². The summed E-state index contributed by atoms with van der Waals surface area (Å²) in [6, 6.07) is 19.3. The second kappa shape index (κ2) is 8.08. The van der Waals surface area contributed by atoms with Crippen LogP contribution in [0.3, 0.4) is 0 Å². The largest absolute Gasteiger partial charge is 0.370 e. The molecule has 5 heteroatoms. The molecular weight excluding hydrogens is 274 g/mol. The summed E-state index contributed by atoms with van der Waals surface area (Å²) < 4.78 is 0. The van der Waals surface area contributed by atoms with E-state index in [9.17, 15) is 10.5 Å². The second-order valence-corrected chi connectivity index (χ2v) is 4.49. The zero-order chi connectivity index (χ0) is 15.6. The van der Waals surface area contributed by atoms with Gasteiger partial charge in [-0.3, -0.25) is 4.98 Å². The number of nitriles is 2. The molecule has 1 heterocycles. The smallest absolute Gasteiger partial charge is 0.148 e. The van der Waals surface area contributed by atoms with Gasteiger partial charge in [0.15, 0.2) is 0 Å². The fourth-order valence-corrected chi connectivity index (χ4v) is 1.84. The summed E-state index contributed by atoms with van der Waals surface area (Å²) in [5.74, 6) is 0. The molecule has 0 radical (unpaired) electrons. The van der Waals surface area contributed by atoms with E-state index in [4.69, 9.17) is 0 Å². The lowest BCUT2D eigenvalue weighted by atomic mass is 10.2. The Labute approximate surface area is 129 Å². The van der Waals surface area contributed by atoms with Crippen molar-refractivity contribution >= 4 is 0 Å². The number of rotatable bonds is 6. The molecule has 0 spiro atoms. The second-order valence-electron chi connectivity index (χ2n) is 4.49. The van der Waals surface area contributed by atoms with Gasteiger partial charge in [-0.05, 0) is 17.7 Å². The van der Waals surface area contributed by atoms with Crippen LogP contribution >= 0.6 is 0 Å². The van der Waals surface area contributed by atoms with Gasteiger partial charge in [0.1, 0.15) is 23.5 Å². The zero-order valence-electron chi connectivity index (χ0n) is 12.0. The number of pyridine rings is 1. The standard InChI is InChI=1S/C17H15N5/c18-10-16(21-12-14-6-2-1-3-7-14)17(11-19)22-13-15-8-4-5-9-20-15/h1-9,21-22H,12-13H2/b17-16-. The Bertz CT molecular complexity index is 645. The molecule has 108 valence electrons. The normalized spacial score (nSPS) is 10.8. The molecule has 22 heavy (non-hydrogen) atoms. The van der Waals surface area contributed by atoms with Crippen molar-refractivity contribution in [1.29, 1.82) is 10.5 Å². The molecule has 2 rings (SSSR count). The van der Waals surface area contributed by atoms with Crippen LogP contribution in [0.4, 0.5) is 0 Å². The first kappa shape index (κ1) is 15.1. The summed E-state index contributed by atoms with van der Waals surface area (Å²) in [4.78, 5) is 4.17. The van der Waals surface area contributed by atoms with Crippen molar-refractivity contribution < 1.29 is 0 Å². The number of nitrogens with one attached hydrogen (secondary N) is 2. The molecule has 0 aliphatic heterocycles. The van der Waals surface area contributed by atoms with Crippen LogP contribution in [-0.2, 0) is 13.1 Å². The van der Waals surface area contributed by atoms with Crippen molar-refractivity contribution in [2.24, 2.45) is 0 Å². The molecule has 2 aromatic rings. The van der Waals surface area contributed by atoms with E-state index in [1.807, 2.05) is 60.7 Å². The molecule has 0 saturated heterocycles. The third-order valence-corrected chi connectivity index (χ3v) is 2.96. The minimum atomic E-state index is 0.212. The summed E-state index contributed by atoms with van der Waals surface area (Å²) in [5.41, 5.74) is 2.28. The van der Waals surface area contributed by atoms with E-state index < -0.39 is 0 Å². The van der Waals surface area contributed by atoms with Crippen LogP contribution in [0.25, 0.3) is 0 Å². The maximum Gasteiger partial charge on any atom is 0.148 e. The monoisotopic (exact) mass is 289 g/mol. The fraction of sp³-hybridized carbons (Fsp3) is 0.118. The molecule has 2 N–H and O–H groups in total. The predicted molar refractivity (Wildman–Crippen MR) is 82.6 cm³/mol. The van der Waals surface area contributed by atoms with Gasteiger partial charge in [0.25, 0.3) is 0 Å². The summed E-state index contributed by atoms with van der Waals surface area (Å²) in [5, 5.41) is 24.4. The Morgan fingerprint density at radius 1 is 0.864 bits per heavy atom. The Morgan fingerprint density at radius 3 is 2.09 bits per heavy atom. The van der Waals surface area contributed by atoms with Crippen molar-refractivity contribution in [1.82, 2.24) is 15.6 Å². The van der Waals surface area contributed by atoms with Gasteiger partial charge in [-0.1, -0.05) is 36.4 Å². The lowest BCUT2D eigenvalue weighted by Crippen LogP contribution is -2.21. The highest BCUT2D eigenvalue weighted by molar-refractivity contribution is 5.34. The molecule has 0 aliphatic rings. The first-order chi connectivity index (χ1) is 10.8. The van der Waals surface area contributed by atoms with Gasteiger partial charge in [0.2, 0.25) is 0 Å². The number of benzene rings is 1. The SMILES string of the molecule is N#C/C(NCc1ccccc1)=C(\C#N)NCc1ccccn1. The molecule has 0 atom stereocenters. The molecule has 0 aliphatic carbocycles. The van der Waals surface area contributed by atoms with E-state index >= 15 is 0 Å². The average Bonchev–Trinajstić information content (AvgIpc) is 2.59. The quantitative estimate of drug-likeness (QED) is 0.796. The predicted octanol–water partition coefficient (Wildman–Crippen LogP) is 2.22. The number of hydrogen-bond acceptors (Lipinski definition) is 5. The van der Waals surface area contributed by atoms with Crippen molar-refractivity contribution in [3.8, 4) is 12.1 Å². The van der Waals surface area contributed by atoms with Gasteiger partial charge in [-0.25, -0.2) is 0 Å². The summed E-state index contributed by atoms with van der Waals surface area (Å²) >= 11 is 0. The average molecular weight is 289 g/mol.